The van der Waals surface area contributed by atoms with E-state index in [0.717, 1.165) is 22.4 Å². The van der Waals surface area contributed by atoms with Crippen LogP contribution in [-0.4, -0.2) is 15.9 Å². The zero-order valence-corrected chi connectivity index (χ0v) is 17.1. The Bertz CT molecular complexity index is 1210. The van der Waals surface area contributed by atoms with Gasteiger partial charge in [0.15, 0.2) is 0 Å². The van der Waals surface area contributed by atoms with Crippen molar-refractivity contribution in [1.82, 2.24) is 15.3 Å². The molecule has 1 aromatic heterocycles. The van der Waals surface area contributed by atoms with Crippen molar-refractivity contribution in [3.63, 3.8) is 0 Å². The number of carbonyl (C=O) groups excluding carboxylic acids is 1. The SMILES string of the molecule is O=C(NCc1cccc(-c2ncc(-c3ccc(F)cc3)[nH]2)c1)c1cccc(Cl)c1Cl. The highest BCUT2D eigenvalue weighted by Gasteiger charge is 2.12. The topological polar surface area (TPSA) is 57.8 Å². The second-order valence-corrected chi connectivity index (χ2v) is 7.42. The Hall–Kier alpha value is -3.15. The molecule has 0 unspecified atom stereocenters. The molecule has 0 bridgehead atoms. The van der Waals surface area contributed by atoms with Crippen molar-refractivity contribution in [2.24, 2.45) is 0 Å². The average molecular weight is 440 g/mol. The molecule has 0 fully saturated rings. The summed E-state index contributed by atoms with van der Waals surface area (Å²) in [5.74, 6) is 0.0946. The number of imidazole rings is 1. The molecule has 0 atom stereocenters. The highest BCUT2D eigenvalue weighted by atomic mass is 35.5. The van der Waals surface area contributed by atoms with E-state index in [0.29, 0.717) is 23.0 Å². The molecule has 150 valence electrons. The van der Waals surface area contributed by atoms with Gasteiger partial charge in [-0.1, -0.05) is 47.5 Å². The van der Waals surface area contributed by atoms with Crippen LogP contribution in [0.3, 0.4) is 0 Å². The molecule has 4 rings (SSSR count). The van der Waals surface area contributed by atoms with Gasteiger partial charge in [-0.25, -0.2) is 9.37 Å². The normalized spacial score (nSPS) is 10.8. The summed E-state index contributed by atoms with van der Waals surface area (Å²) in [6, 6.07) is 18.8. The second kappa shape index (κ2) is 8.69. The largest absolute Gasteiger partial charge is 0.348 e. The molecular formula is C23H16Cl2FN3O. The molecule has 4 aromatic rings. The quantitative estimate of drug-likeness (QED) is 0.393. The molecule has 30 heavy (non-hydrogen) atoms. The number of nitrogens with zero attached hydrogens (tertiary/aromatic N) is 1. The molecule has 0 spiro atoms. The summed E-state index contributed by atoms with van der Waals surface area (Å²) in [5.41, 5.74) is 3.74. The molecule has 0 radical (unpaired) electrons. The number of aromatic nitrogens is 2. The van der Waals surface area contributed by atoms with E-state index in [1.54, 1.807) is 36.5 Å². The van der Waals surface area contributed by atoms with E-state index in [4.69, 9.17) is 23.2 Å². The average Bonchev–Trinajstić information content (AvgIpc) is 3.25. The third-order valence-corrected chi connectivity index (χ3v) is 5.40. The number of H-pyrrole nitrogens is 1. The van der Waals surface area contributed by atoms with Crippen LogP contribution in [0.1, 0.15) is 15.9 Å². The molecule has 3 aromatic carbocycles. The molecule has 0 aliphatic rings. The van der Waals surface area contributed by atoms with Gasteiger partial charge in [-0.3, -0.25) is 4.79 Å². The Kier molecular flexibility index (Phi) is 5.84. The molecular weight excluding hydrogens is 424 g/mol. The third-order valence-electron chi connectivity index (χ3n) is 4.58. The van der Waals surface area contributed by atoms with Gasteiger partial charge in [0.25, 0.3) is 5.91 Å². The lowest BCUT2D eigenvalue weighted by atomic mass is 10.1. The van der Waals surface area contributed by atoms with Crippen LogP contribution in [0.15, 0.2) is 72.9 Å². The number of hydrogen-bond acceptors (Lipinski definition) is 2. The second-order valence-electron chi connectivity index (χ2n) is 6.64. The Balaban J connectivity index is 1.49. The molecule has 4 nitrogen and oxygen atoms in total. The Morgan fingerprint density at radius 3 is 2.57 bits per heavy atom. The van der Waals surface area contributed by atoms with Crippen molar-refractivity contribution >= 4 is 29.1 Å². The van der Waals surface area contributed by atoms with Crippen LogP contribution in [-0.2, 0) is 6.54 Å². The number of hydrogen-bond donors (Lipinski definition) is 2. The molecule has 0 saturated carbocycles. The van der Waals surface area contributed by atoms with Gasteiger partial charge in [0.1, 0.15) is 11.6 Å². The molecule has 2 N–H and O–H groups in total. The van der Waals surface area contributed by atoms with E-state index < -0.39 is 0 Å². The van der Waals surface area contributed by atoms with Crippen molar-refractivity contribution in [1.29, 1.82) is 0 Å². The fourth-order valence-electron chi connectivity index (χ4n) is 3.03. The summed E-state index contributed by atoms with van der Waals surface area (Å²) in [5, 5.41) is 3.42. The van der Waals surface area contributed by atoms with Crippen molar-refractivity contribution < 1.29 is 9.18 Å². The zero-order valence-electron chi connectivity index (χ0n) is 15.6. The summed E-state index contributed by atoms with van der Waals surface area (Å²) in [4.78, 5) is 20.1. The molecule has 0 aliphatic carbocycles. The maximum absolute atomic E-state index is 13.1. The van der Waals surface area contributed by atoms with E-state index >= 15 is 0 Å². The van der Waals surface area contributed by atoms with Crippen LogP contribution < -0.4 is 5.32 Å². The minimum Gasteiger partial charge on any atom is -0.348 e. The first-order valence-electron chi connectivity index (χ1n) is 9.14. The van der Waals surface area contributed by atoms with E-state index in [-0.39, 0.29) is 16.7 Å². The monoisotopic (exact) mass is 439 g/mol. The van der Waals surface area contributed by atoms with Gasteiger partial charge in [-0.15, -0.1) is 0 Å². The van der Waals surface area contributed by atoms with Gasteiger partial charge in [-0.05, 0) is 53.6 Å². The third kappa shape index (κ3) is 4.37. The Morgan fingerprint density at radius 1 is 1.00 bits per heavy atom. The Morgan fingerprint density at radius 2 is 1.77 bits per heavy atom. The Labute approximate surface area is 182 Å². The fourth-order valence-corrected chi connectivity index (χ4v) is 3.42. The smallest absolute Gasteiger partial charge is 0.253 e. The van der Waals surface area contributed by atoms with E-state index in [1.807, 2.05) is 24.3 Å². The summed E-state index contributed by atoms with van der Waals surface area (Å²) < 4.78 is 13.1. The number of rotatable bonds is 5. The van der Waals surface area contributed by atoms with Crippen molar-refractivity contribution in [3.05, 3.63) is 99.9 Å². The number of amides is 1. The lowest BCUT2D eigenvalue weighted by Crippen LogP contribution is -2.23. The van der Waals surface area contributed by atoms with Gasteiger partial charge >= 0.3 is 0 Å². The minimum atomic E-state index is -0.301. The van der Waals surface area contributed by atoms with E-state index in [2.05, 4.69) is 15.3 Å². The van der Waals surface area contributed by atoms with Gasteiger partial charge in [-0.2, -0.15) is 0 Å². The van der Waals surface area contributed by atoms with Gasteiger partial charge in [0.05, 0.1) is 27.5 Å². The highest BCUT2D eigenvalue weighted by Crippen LogP contribution is 2.26. The molecule has 0 aliphatic heterocycles. The van der Waals surface area contributed by atoms with Crippen LogP contribution in [0.4, 0.5) is 4.39 Å². The summed E-state index contributed by atoms with van der Waals surface area (Å²) in [6.45, 7) is 0.320. The van der Waals surface area contributed by atoms with Crippen molar-refractivity contribution in [2.45, 2.75) is 6.54 Å². The van der Waals surface area contributed by atoms with E-state index in [9.17, 15) is 9.18 Å². The van der Waals surface area contributed by atoms with Crippen LogP contribution in [0.2, 0.25) is 10.0 Å². The van der Waals surface area contributed by atoms with Crippen LogP contribution in [0.25, 0.3) is 22.6 Å². The van der Waals surface area contributed by atoms with Crippen LogP contribution >= 0.6 is 23.2 Å². The number of nitrogens with one attached hydrogen (secondary N) is 2. The zero-order chi connectivity index (χ0) is 21.1. The highest BCUT2D eigenvalue weighted by molar-refractivity contribution is 6.43. The lowest BCUT2D eigenvalue weighted by molar-refractivity contribution is 0.0951. The molecule has 7 heteroatoms. The van der Waals surface area contributed by atoms with Crippen molar-refractivity contribution in [3.8, 4) is 22.6 Å². The standard InChI is InChI=1S/C23H16Cl2FN3O/c24-19-6-2-5-18(21(19)25)23(30)28-12-14-3-1-4-16(11-14)22-27-13-20(29-22)15-7-9-17(26)10-8-15/h1-11,13H,12H2,(H,27,29)(H,28,30). The number of carbonyl (C=O) groups is 1. The first-order chi connectivity index (χ1) is 14.5. The van der Waals surface area contributed by atoms with Gasteiger partial charge in [0, 0.05) is 12.1 Å². The van der Waals surface area contributed by atoms with Crippen LogP contribution in [0.5, 0.6) is 0 Å². The van der Waals surface area contributed by atoms with E-state index in [1.165, 1.54) is 12.1 Å². The number of halogens is 3. The summed E-state index contributed by atoms with van der Waals surface area (Å²) >= 11 is 12.1. The van der Waals surface area contributed by atoms with Crippen LogP contribution in [0, 0.1) is 5.82 Å². The number of benzene rings is 3. The number of aromatic amines is 1. The molecule has 1 heterocycles. The fraction of sp³-hybridized carbons (Fsp3) is 0.0435. The van der Waals surface area contributed by atoms with Gasteiger partial charge < -0.3 is 10.3 Å². The molecule has 0 saturated heterocycles. The molecule has 1 amide bonds. The predicted octanol–water partition coefficient (Wildman–Crippen LogP) is 6.12. The summed E-state index contributed by atoms with van der Waals surface area (Å²) in [6.07, 6.45) is 1.71. The maximum Gasteiger partial charge on any atom is 0.253 e. The van der Waals surface area contributed by atoms with Gasteiger partial charge in [0.2, 0.25) is 0 Å². The first-order valence-corrected chi connectivity index (χ1v) is 9.89. The lowest BCUT2D eigenvalue weighted by Gasteiger charge is -2.08. The first kappa shape index (κ1) is 20.1. The van der Waals surface area contributed by atoms with Crippen molar-refractivity contribution in [2.75, 3.05) is 0 Å². The minimum absolute atomic E-state index is 0.231. The summed E-state index contributed by atoms with van der Waals surface area (Å²) in [7, 11) is 0. The predicted molar refractivity (Wildman–Crippen MR) is 117 cm³/mol. The maximum atomic E-state index is 13.1.